The van der Waals surface area contributed by atoms with Crippen LogP contribution >= 0.6 is 11.3 Å². The van der Waals surface area contributed by atoms with E-state index in [4.69, 9.17) is 4.99 Å². The van der Waals surface area contributed by atoms with E-state index in [0.29, 0.717) is 0 Å². The largest absolute Gasteiger partial charge is 0.246 e. The Morgan fingerprint density at radius 3 is 2.84 bits per heavy atom. The molecular weight excluding hydrogens is 250 g/mol. The van der Waals surface area contributed by atoms with E-state index < -0.39 is 0 Å². The molecule has 88 valence electrons. The lowest BCUT2D eigenvalue weighted by molar-refractivity contribution is 1.57. The van der Waals surface area contributed by atoms with Gasteiger partial charge in [-0.05, 0) is 28.5 Å². The fourth-order valence-electron chi connectivity index (χ4n) is 2.99. The van der Waals surface area contributed by atoms with Crippen molar-refractivity contribution in [3.63, 3.8) is 0 Å². The number of rotatable bonds is 0. The molecule has 0 spiro atoms. The summed E-state index contributed by atoms with van der Waals surface area (Å²) in [7, 11) is 0. The van der Waals surface area contributed by atoms with Crippen molar-refractivity contribution in [2.24, 2.45) is 4.99 Å². The number of thiophene rings is 1. The first-order valence-electron chi connectivity index (χ1n) is 6.32. The third kappa shape index (κ3) is 1.12. The van der Waals surface area contributed by atoms with Gasteiger partial charge in [0.15, 0.2) is 0 Å². The van der Waals surface area contributed by atoms with Crippen LogP contribution in [0.5, 0.6) is 0 Å². The number of hydrogen-bond acceptors (Lipinski definition) is 2. The summed E-state index contributed by atoms with van der Waals surface area (Å²) in [5, 5.41) is 3.43. The van der Waals surface area contributed by atoms with Crippen LogP contribution in [0.25, 0.3) is 21.7 Å². The van der Waals surface area contributed by atoms with Gasteiger partial charge in [0.1, 0.15) is 0 Å². The second kappa shape index (κ2) is 3.22. The maximum atomic E-state index is 4.91. The molecular formula is C17H9NS. The lowest BCUT2D eigenvalue weighted by atomic mass is 10.0. The number of aliphatic imine (C=N–C) groups is 1. The Kier molecular flexibility index (Phi) is 1.64. The maximum absolute atomic E-state index is 4.91. The Hall–Kier alpha value is -2.19. The molecule has 19 heavy (non-hydrogen) atoms. The third-order valence-corrected chi connectivity index (χ3v) is 4.82. The molecule has 2 aromatic carbocycles. The van der Waals surface area contributed by atoms with E-state index in [9.17, 15) is 0 Å². The molecule has 0 unspecified atom stereocenters. The van der Waals surface area contributed by atoms with Crippen LogP contribution in [0, 0.1) is 0 Å². The standard InChI is InChI=1S/C17H9NS/c1-2-4-12-11(3-1)9-14-13-6-5-10-7-8-19-17(10)16(13)18-15(12)14/h1-9H. The molecule has 0 N–H and O–H groups in total. The smallest absolute Gasteiger partial charge is 0.0894 e. The van der Waals surface area contributed by atoms with Gasteiger partial charge in [0.25, 0.3) is 0 Å². The highest BCUT2D eigenvalue weighted by atomic mass is 32.1. The first-order valence-corrected chi connectivity index (χ1v) is 7.20. The zero-order valence-corrected chi connectivity index (χ0v) is 10.9. The number of benzene rings is 2. The number of allylic oxidation sites excluding steroid dienone is 1. The third-order valence-electron chi connectivity index (χ3n) is 3.88. The van der Waals surface area contributed by atoms with Gasteiger partial charge in [-0.2, -0.15) is 0 Å². The van der Waals surface area contributed by atoms with Gasteiger partial charge < -0.3 is 0 Å². The summed E-state index contributed by atoms with van der Waals surface area (Å²) < 4.78 is 1.30. The number of hydrogen-bond donors (Lipinski definition) is 0. The van der Waals surface area contributed by atoms with Crippen LogP contribution < -0.4 is 0 Å². The second-order valence-electron chi connectivity index (χ2n) is 4.91. The molecule has 5 rings (SSSR count). The average Bonchev–Trinajstić information content (AvgIpc) is 3.10. The predicted molar refractivity (Wildman–Crippen MR) is 82.3 cm³/mol. The molecule has 2 aliphatic rings. The van der Waals surface area contributed by atoms with Crippen molar-refractivity contribution in [3.8, 4) is 0 Å². The lowest BCUT2D eigenvalue weighted by Gasteiger charge is -1.99. The summed E-state index contributed by atoms with van der Waals surface area (Å²) in [6.45, 7) is 0. The minimum atomic E-state index is 1.14. The molecule has 1 aliphatic carbocycles. The van der Waals surface area contributed by atoms with E-state index in [0.717, 1.165) is 11.4 Å². The van der Waals surface area contributed by atoms with Crippen LogP contribution in [0.2, 0.25) is 0 Å². The fourth-order valence-corrected chi connectivity index (χ4v) is 3.88. The van der Waals surface area contributed by atoms with Crippen molar-refractivity contribution < 1.29 is 0 Å². The van der Waals surface area contributed by atoms with E-state index >= 15 is 0 Å². The molecule has 0 bridgehead atoms. The van der Waals surface area contributed by atoms with Gasteiger partial charge in [0.2, 0.25) is 0 Å². The van der Waals surface area contributed by atoms with E-state index in [1.54, 1.807) is 11.3 Å². The van der Waals surface area contributed by atoms with E-state index in [2.05, 4.69) is 53.9 Å². The zero-order chi connectivity index (χ0) is 12.4. The van der Waals surface area contributed by atoms with Gasteiger partial charge in [-0.1, -0.05) is 36.4 Å². The molecule has 0 fully saturated rings. The minimum absolute atomic E-state index is 1.14. The van der Waals surface area contributed by atoms with Crippen molar-refractivity contribution in [1.82, 2.24) is 0 Å². The summed E-state index contributed by atoms with van der Waals surface area (Å²) in [6, 6.07) is 15.1. The molecule has 0 saturated heterocycles. The molecule has 2 heteroatoms. The first kappa shape index (κ1) is 9.70. The molecule has 0 atom stereocenters. The number of nitrogens with zero attached hydrogens (tertiary/aromatic N) is 1. The van der Waals surface area contributed by atoms with Crippen LogP contribution in [0.15, 0.2) is 52.8 Å². The predicted octanol–water partition coefficient (Wildman–Crippen LogP) is 4.89. The van der Waals surface area contributed by atoms with Gasteiger partial charge in [-0.25, -0.2) is 4.99 Å². The fraction of sp³-hybridized carbons (Fsp3) is 0. The molecule has 1 aromatic heterocycles. The summed E-state index contributed by atoms with van der Waals surface area (Å²) in [6.07, 6.45) is 2.26. The summed E-state index contributed by atoms with van der Waals surface area (Å²) >= 11 is 1.78. The van der Waals surface area contributed by atoms with Crippen molar-refractivity contribution in [3.05, 3.63) is 64.5 Å². The van der Waals surface area contributed by atoms with Crippen LogP contribution in [0.3, 0.4) is 0 Å². The Bertz CT molecular complexity index is 912. The second-order valence-corrected chi connectivity index (χ2v) is 5.82. The van der Waals surface area contributed by atoms with Crippen LogP contribution in [0.1, 0.15) is 16.7 Å². The van der Waals surface area contributed by atoms with Gasteiger partial charge in [-0.15, -0.1) is 11.3 Å². The van der Waals surface area contributed by atoms with Gasteiger partial charge in [0, 0.05) is 16.7 Å². The quantitative estimate of drug-likeness (QED) is 0.545. The first-order chi connectivity index (χ1) is 9.42. The van der Waals surface area contributed by atoms with Crippen LogP contribution in [-0.2, 0) is 0 Å². The summed E-state index contributed by atoms with van der Waals surface area (Å²) in [4.78, 5) is 4.91. The Morgan fingerprint density at radius 2 is 1.84 bits per heavy atom. The highest BCUT2D eigenvalue weighted by molar-refractivity contribution is 7.17. The van der Waals surface area contributed by atoms with Crippen molar-refractivity contribution >= 4 is 44.5 Å². The minimum Gasteiger partial charge on any atom is -0.246 e. The molecule has 1 aliphatic heterocycles. The monoisotopic (exact) mass is 259 g/mol. The van der Waals surface area contributed by atoms with Crippen molar-refractivity contribution in [2.75, 3.05) is 0 Å². The van der Waals surface area contributed by atoms with E-state index in [1.807, 2.05) is 0 Å². The van der Waals surface area contributed by atoms with Crippen molar-refractivity contribution in [1.29, 1.82) is 0 Å². The van der Waals surface area contributed by atoms with E-state index in [1.165, 1.54) is 32.3 Å². The Labute approximate surface area is 114 Å². The topological polar surface area (TPSA) is 12.4 Å². The normalized spacial score (nSPS) is 14.9. The SMILES string of the molecule is C1=C2C(=Nc3c2ccc2ccsc32)c2ccccc21. The zero-order valence-electron chi connectivity index (χ0n) is 10.1. The maximum Gasteiger partial charge on any atom is 0.0894 e. The molecule has 1 nitrogen and oxygen atoms in total. The Morgan fingerprint density at radius 1 is 0.895 bits per heavy atom. The molecule has 3 aromatic rings. The highest BCUT2D eigenvalue weighted by Gasteiger charge is 2.29. The van der Waals surface area contributed by atoms with Gasteiger partial charge in [-0.3, -0.25) is 0 Å². The van der Waals surface area contributed by atoms with Gasteiger partial charge >= 0.3 is 0 Å². The molecule has 0 amide bonds. The molecule has 0 saturated carbocycles. The number of fused-ring (bicyclic) bond motifs is 7. The van der Waals surface area contributed by atoms with Crippen LogP contribution in [-0.4, -0.2) is 5.71 Å². The highest BCUT2D eigenvalue weighted by Crippen LogP contribution is 2.47. The molecule has 0 radical (unpaired) electrons. The molecule has 2 heterocycles. The lowest BCUT2D eigenvalue weighted by Crippen LogP contribution is -1.94. The van der Waals surface area contributed by atoms with Gasteiger partial charge in [0.05, 0.1) is 16.1 Å². The van der Waals surface area contributed by atoms with Crippen molar-refractivity contribution in [2.45, 2.75) is 0 Å². The van der Waals surface area contributed by atoms with E-state index in [-0.39, 0.29) is 0 Å². The Balaban J connectivity index is 1.88. The van der Waals surface area contributed by atoms with Crippen LogP contribution in [0.4, 0.5) is 5.69 Å². The average molecular weight is 259 g/mol. The summed E-state index contributed by atoms with van der Waals surface area (Å²) in [5.41, 5.74) is 7.41. The summed E-state index contributed by atoms with van der Waals surface area (Å²) in [5.74, 6) is 0.